The lowest BCUT2D eigenvalue weighted by Crippen LogP contribution is -2.18. The van der Waals surface area contributed by atoms with Gasteiger partial charge in [-0.1, -0.05) is 12.1 Å². The van der Waals surface area contributed by atoms with Gasteiger partial charge in [0.1, 0.15) is 5.75 Å². The molecular formula is C12H16BrN5O. The van der Waals surface area contributed by atoms with Crippen LogP contribution in [0, 0.1) is 0 Å². The van der Waals surface area contributed by atoms with Crippen molar-refractivity contribution < 1.29 is 4.74 Å². The third kappa shape index (κ3) is 3.74. The van der Waals surface area contributed by atoms with E-state index in [0.717, 1.165) is 22.2 Å². The maximum atomic E-state index is 5.85. The number of rotatable bonds is 5. The van der Waals surface area contributed by atoms with Gasteiger partial charge in [0.05, 0.1) is 11.5 Å². The van der Waals surface area contributed by atoms with Crippen molar-refractivity contribution in [2.75, 3.05) is 0 Å². The van der Waals surface area contributed by atoms with Gasteiger partial charge in [0.2, 0.25) is 5.82 Å². The van der Waals surface area contributed by atoms with Crippen molar-refractivity contribution in [3.05, 3.63) is 34.1 Å². The van der Waals surface area contributed by atoms with E-state index in [1.165, 1.54) is 4.80 Å². The molecule has 0 aliphatic heterocycles. The Labute approximate surface area is 120 Å². The second-order valence-electron chi connectivity index (χ2n) is 4.39. The molecule has 0 amide bonds. The molecule has 0 fully saturated rings. The van der Waals surface area contributed by atoms with Gasteiger partial charge in [-0.25, -0.2) is 0 Å². The van der Waals surface area contributed by atoms with Crippen molar-refractivity contribution in [2.45, 2.75) is 26.0 Å². The number of benzene rings is 1. The quantitative estimate of drug-likeness (QED) is 0.899. The van der Waals surface area contributed by atoms with Crippen LogP contribution in [-0.4, -0.2) is 26.2 Å². The summed E-state index contributed by atoms with van der Waals surface area (Å²) in [6.07, 6.45) is 0.753. The Bertz CT molecular complexity index is 555. The highest BCUT2D eigenvalue weighted by atomic mass is 79.9. The standard InChI is InChI=1S/C12H16BrN5O/c1-8(14)6-9-4-3-5-10(13)12(9)19-7-11-15-17-18(2)16-11/h3-5,8H,6-7,14H2,1-2H3. The number of halogens is 1. The van der Waals surface area contributed by atoms with Crippen molar-refractivity contribution in [2.24, 2.45) is 12.8 Å². The van der Waals surface area contributed by atoms with Crippen molar-refractivity contribution in [1.82, 2.24) is 20.2 Å². The number of hydrogen-bond acceptors (Lipinski definition) is 5. The highest BCUT2D eigenvalue weighted by Gasteiger charge is 2.11. The first-order valence-electron chi connectivity index (χ1n) is 5.95. The molecule has 2 N–H and O–H groups in total. The molecule has 1 unspecified atom stereocenters. The summed E-state index contributed by atoms with van der Waals surface area (Å²) < 4.78 is 6.69. The lowest BCUT2D eigenvalue weighted by molar-refractivity contribution is 0.290. The molecule has 19 heavy (non-hydrogen) atoms. The van der Waals surface area contributed by atoms with Crippen LogP contribution in [0.3, 0.4) is 0 Å². The molecule has 1 atom stereocenters. The molecule has 1 aromatic carbocycles. The van der Waals surface area contributed by atoms with Gasteiger partial charge in [-0.3, -0.25) is 0 Å². The Morgan fingerprint density at radius 3 is 2.89 bits per heavy atom. The number of aryl methyl sites for hydroxylation is 1. The van der Waals surface area contributed by atoms with Gasteiger partial charge in [0, 0.05) is 6.04 Å². The van der Waals surface area contributed by atoms with Crippen molar-refractivity contribution in [1.29, 1.82) is 0 Å². The van der Waals surface area contributed by atoms with E-state index < -0.39 is 0 Å². The van der Waals surface area contributed by atoms with E-state index in [4.69, 9.17) is 10.5 Å². The monoisotopic (exact) mass is 325 g/mol. The van der Waals surface area contributed by atoms with E-state index >= 15 is 0 Å². The summed E-state index contributed by atoms with van der Waals surface area (Å²) in [7, 11) is 1.72. The normalized spacial score (nSPS) is 12.4. The molecule has 1 heterocycles. The Morgan fingerprint density at radius 1 is 1.47 bits per heavy atom. The minimum Gasteiger partial charge on any atom is -0.484 e. The fourth-order valence-electron chi connectivity index (χ4n) is 1.74. The zero-order valence-corrected chi connectivity index (χ0v) is 12.5. The zero-order chi connectivity index (χ0) is 13.8. The smallest absolute Gasteiger partial charge is 0.212 e. The molecule has 1 aromatic heterocycles. The third-order valence-corrected chi connectivity index (χ3v) is 3.11. The minimum absolute atomic E-state index is 0.0753. The predicted octanol–water partition coefficient (Wildman–Crippen LogP) is 1.44. The van der Waals surface area contributed by atoms with Gasteiger partial charge in [-0.15, -0.1) is 10.2 Å². The third-order valence-electron chi connectivity index (χ3n) is 2.49. The molecule has 7 heteroatoms. The summed E-state index contributed by atoms with van der Waals surface area (Å²) in [5.74, 6) is 1.33. The first-order valence-corrected chi connectivity index (χ1v) is 6.74. The Hall–Kier alpha value is -1.47. The topological polar surface area (TPSA) is 78.9 Å². The SMILES string of the molecule is CC(N)Cc1cccc(Br)c1OCc1nnn(C)n1. The fraction of sp³-hybridized carbons (Fsp3) is 0.417. The number of hydrogen-bond donors (Lipinski definition) is 1. The van der Waals surface area contributed by atoms with Crippen molar-refractivity contribution >= 4 is 15.9 Å². The number of nitrogens with zero attached hydrogens (tertiary/aromatic N) is 4. The van der Waals surface area contributed by atoms with Crippen LogP contribution in [0.25, 0.3) is 0 Å². The van der Waals surface area contributed by atoms with Crippen LogP contribution in [0.2, 0.25) is 0 Å². The molecule has 0 aliphatic carbocycles. The van der Waals surface area contributed by atoms with E-state index in [0.29, 0.717) is 5.82 Å². The van der Waals surface area contributed by atoms with Gasteiger partial charge >= 0.3 is 0 Å². The van der Waals surface area contributed by atoms with Crippen LogP contribution in [0.15, 0.2) is 22.7 Å². The fourth-order valence-corrected chi connectivity index (χ4v) is 2.26. The molecule has 102 valence electrons. The number of tetrazole rings is 1. The van der Waals surface area contributed by atoms with E-state index in [-0.39, 0.29) is 12.6 Å². The highest BCUT2D eigenvalue weighted by molar-refractivity contribution is 9.10. The van der Waals surface area contributed by atoms with Crippen LogP contribution in [0.1, 0.15) is 18.3 Å². The van der Waals surface area contributed by atoms with Gasteiger partial charge < -0.3 is 10.5 Å². The maximum Gasteiger partial charge on any atom is 0.212 e. The summed E-state index contributed by atoms with van der Waals surface area (Å²) in [5.41, 5.74) is 6.91. The summed E-state index contributed by atoms with van der Waals surface area (Å²) in [4.78, 5) is 1.40. The predicted molar refractivity (Wildman–Crippen MR) is 74.6 cm³/mol. The molecular weight excluding hydrogens is 310 g/mol. The van der Waals surface area contributed by atoms with E-state index in [2.05, 4.69) is 31.3 Å². The minimum atomic E-state index is 0.0753. The van der Waals surface area contributed by atoms with Crippen LogP contribution in [0.5, 0.6) is 5.75 Å². The molecule has 6 nitrogen and oxygen atoms in total. The van der Waals surface area contributed by atoms with Crippen LogP contribution in [0.4, 0.5) is 0 Å². The summed E-state index contributed by atoms with van der Waals surface area (Å²) in [5, 5.41) is 11.7. The van der Waals surface area contributed by atoms with Crippen LogP contribution in [-0.2, 0) is 20.1 Å². The van der Waals surface area contributed by atoms with Gasteiger partial charge in [0.25, 0.3) is 0 Å². The summed E-state index contributed by atoms with van der Waals surface area (Å²) >= 11 is 3.49. The van der Waals surface area contributed by atoms with E-state index in [9.17, 15) is 0 Å². The van der Waals surface area contributed by atoms with Gasteiger partial charge in [-0.2, -0.15) is 4.80 Å². The molecule has 2 aromatic rings. The Morgan fingerprint density at radius 2 is 2.26 bits per heavy atom. The Kier molecular flexibility index (Phi) is 4.49. The molecule has 0 aliphatic rings. The average molecular weight is 326 g/mol. The van der Waals surface area contributed by atoms with E-state index in [1.54, 1.807) is 7.05 Å². The van der Waals surface area contributed by atoms with Crippen LogP contribution < -0.4 is 10.5 Å². The molecule has 0 radical (unpaired) electrons. The molecule has 0 saturated heterocycles. The zero-order valence-electron chi connectivity index (χ0n) is 10.9. The average Bonchev–Trinajstić information content (AvgIpc) is 2.73. The van der Waals surface area contributed by atoms with E-state index in [1.807, 2.05) is 25.1 Å². The largest absolute Gasteiger partial charge is 0.484 e. The first kappa shape index (κ1) is 14.0. The number of para-hydroxylation sites is 1. The Balaban J connectivity index is 2.14. The molecule has 2 rings (SSSR count). The molecule has 0 spiro atoms. The first-order chi connectivity index (χ1) is 9.06. The lowest BCUT2D eigenvalue weighted by Gasteiger charge is -2.13. The van der Waals surface area contributed by atoms with Crippen LogP contribution >= 0.6 is 15.9 Å². The molecule has 0 bridgehead atoms. The second-order valence-corrected chi connectivity index (χ2v) is 5.25. The lowest BCUT2D eigenvalue weighted by atomic mass is 10.1. The van der Waals surface area contributed by atoms with Gasteiger partial charge in [-0.05, 0) is 46.1 Å². The number of ether oxygens (including phenoxy) is 1. The molecule has 0 saturated carbocycles. The van der Waals surface area contributed by atoms with Gasteiger partial charge in [0.15, 0.2) is 6.61 Å². The summed E-state index contributed by atoms with van der Waals surface area (Å²) in [6, 6.07) is 5.98. The van der Waals surface area contributed by atoms with Crippen molar-refractivity contribution in [3.8, 4) is 5.75 Å². The number of aromatic nitrogens is 4. The summed E-state index contributed by atoms with van der Waals surface area (Å²) in [6.45, 7) is 2.25. The number of nitrogens with two attached hydrogens (primary N) is 1. The highest BCUT2D eigenvalue weighted by Crippen LogP contribution is 2.30. The second kappa shape index (κ2) is 6.12. The maximum absolute atomic E-state index is 5.85. The van der Waals surface area contributed by atoms with Crippen molar-refractivity contribution in [3.63, 3.8) is 0 Å².